The number of hydrogen-bond donors (Lipinski definition) is 1. The van der Waals surface area contributed by atoms with E-state index in [4.69, 9.17) is 4.74 Å². The van der Waals surface area contributed by atoms with Crippen molar-refractivity contribution in [2.45, 2.75) is 45.3 Å². The Kier molecular flexibility index (Phi) is 5.14. The Morgan fingerprint density at radius 2 is 1.95 bits per heavy atom. The van der Waals surface area contributed by atoms with Crippen LogP contribution in [0.25, 0.3) is 0 Å². The van der Waals surface area contributed by atoms with Crippen molar-refractivity contribution in [3.05, 3.63) is 0 Å². The molecule has 1 rings (SSSR count). The smallest absolute Gasteiger partial charge is 0.410 e. The van der Waals surface area contributed by atoms with E-state index in [1.54, 1.807) is 20.8 Å². The predicted octanol–water partition coefficient (Wildman–Crippen LogP) is 1.41. The van der Waals surface area contributed by atoms with Crippen LogP contribution in [0.2, 0.25) is 0 Å². The van der Waals surface area contributed by atoms with Crippen LogP contribution >= 0.6 is 0 Å². The number of carbonyl (C=O) groups excluding carboxylic acids is 2. The quantitative estimate of drug-likeness (QED) is 0.781. The van der Waals surface area contributed by atoms with Crippen LogP contribution in [-0.2, 0) is 14.3 Å². The maximum absolute atomic E-state index is 13.8. The molecular formula is C13H21F2NO5. The van der Waals surface area contributed by atoms with E-state index in [2.05, 4.69) is 4.74 Å². The van der Waals surface area contributed by atoms with Gasteiger partial charge < -0.3 is 19.5 Å². The molecule has 1 saturated heterocycles. The van der Waals surface area contributed by atoms with E-state index in [9.17, 15) is 23.5 Å². The van der Waals surface area contributed by atoms with Crippen molar-refractivity contribution in [2.24, 2.45) is 5.92 Å². The minimum Gasteiger partial charge on any atom is -0.466 e. The summed E-state index contributed by atoms with van der Waals surface area (Å²) in [5.41, 5.74) is -0.845. The first kappa shape index (κ1) is 17.6. The molecule has 0 saturated carbocycles. The van der Waals surface area contributed by atoms with Crippen LogP contribution in [0.5, 0.6) is 0 Å². The maximum atomic E-state index is 13.8. The fourth-order valence-corrected chi connectivity index (χ4v) is 1.96. The van der Waals surface area contributed by atoms with Crippen molar-refractivity contribution in [1.29, 1.82) is 0 Å². The Hall–Kier alpha value is -1.44. The summed E-state index contributed by atoms with van der Waals surface area (Å²) in [5, 5.41) is 9.60. The zero-order valence-electron chi connectivity index (χ0n) is 12.6. The van der Waals surface area contributed by atoms with Gasteiger partial charge in [0.05, 0.1) is 13.2 Å². The summed E-state index contributed by atoms with van der Waals surface area (Å²) < 4.78 is 37.2. The second kappa shape index (κ2) is 6.13. The fraction of sp³-hybridized carbons (Fsp3) is 0.846. The first-order valence-electron chi connectivity index (χ1n) is 6.68. The molecule has 1 heterocycles. The Bertz CT molecular complexity index is 408. The number of esters is 1. The number of halogens is 2. The molecule has 21 heavy (non-hydrogen) atoms. The molecule has 0 bridgehead atoms. The van der Waals surface area contributed by atoms with E-state index < -0.39 is 42.2 Å². The van der Waals surface area contributed by atoms with Gasteiger partial charge in [0.25, 0.3) is 5.92 Å². The minimum absolute atomic E-state index is 0.0000618. The number of carbonyl (C=O) groups is 2. The Labute approximate surface area is 122 Å². The summed E-state index contributed by atoms with van der Waals surface area (Å²) in [6, 6.07) is 0. The number of aliphatic hydroxyl groups excluding tert-OH is 1. The third-order valence-electron chi connectivity index (χ3n) is 2.87. The van der Waals surface area contributed by atoms with Crippen LogP contribution in [0.4, 0.5) is 13.6 Å². The number of piperidine rings is 1. The lowest BCUT2D eigenvalue weighted by Crippen LogP contribution is -2.60. The molecular weight excluding hydrogens is 288 g/mol. The van der Waals surface area contributed by atoms with Crippen molar-refractivity contribution in [1.82, 2.24) is 4.90 Å². The number of hydrogen-bond acceptors (Lipinski definition) is 5. The lowest BCUT2D eigenvalue weighted by Gasteiger charge is -2.40. The normalized spacial score (nSPS) is 25.4. The summed E-state index contributed by atoms with van der Waals surface area (Å²) in [4.78, 5) is 24.2. The summed E-state index contributed by atoms with van der Waals surface area (Å²) in [6.45, 7) is 4.96. The second-order valence-corrected chi connectivity index (χ2v) is 5.93. The highest BCUT2D eigenvalue weighted by molar-refractivity contribution is 5.76. The summed E-state index contributed by atoms with van der Waals surface area (Å²) in [5.74, 6) is -6.06. The topological polar surface area (TPSA) is 76.1 Å². The summed E-state index contributed by atoms with van der Waals surface area (Å²) >= 11 is 0. The van der Waals surface area contributed by atoms with Crippen molar-refractivity contribution in [3.63, 3.8) is 0 Å². The molecule has 8 heteroatoms. The number of aliphatic hydroxyl groups is 1. The molecule has 0 spiro atoms. The highest BCUT2D eigenvalue weighted by Gasteiger charge is 2.53. The highest BCUT2D eigenvalue weighted by Crippen LogP contribution is 2.32. The monoisotopic (exact) mass is 309 g/mol. The van der Waals surface area contributed by atoms with Crippen molar-refractivity contribution in [2.75, 3.05) is 19.7 Å². The lowest BCUT2D eigenvalue weighted by molar-refractivity contribution is -0.190. The SMILES string of the molecule is CCOC(=O)C1CN(C(=O)OC(C)(C)C)CC(F)(F)C1O. The summed E-state index contributed by atoms with van der Waals surface area (Å²) in [6.07, 6.45) is -3.14. The molecule has 2 unspecified atom stereocenters. The van der Waals surface area contributed by atoms with Gasteiger partial charge in [0.2, 0.25) is 0 Å². The number of ether oxygens (including phenoxy) is 2. The van der Waals surface area contributed by atoms with Crippen molar-refractivity contribution in [3.8, 4) is 0 Å². The van der Waals surface area contributed by atoms with E-state index in [1.165, 1.54) is 6.92 Å². The first-order valence-corrected chi connectivity index (χ1v) is 6.68. The number of nitrogens with zero attached hydrogens (tertiary/aromatic N) is 1. The number of rotatable bonds is 2. The van der Waals surface area contributed by atoms with Gasteiger partial charge in [0.15, 0.2) is 0 Å². The Morgan fingerprint density at radius 1 is 1.38 bits per heavy atom. The number of alkyl halides is 2. The fourth-order valence-electron chi connectivity index (χ4n) is 1.96. The van der Waals surface area contributed by atoms with E-state index in [1.807, 2.05) is 0 Å². The Balaban J connectivity index is 2.89. The third kappa shape index (κ3) is 4.52. The van der Waals surface area contributed by atoms with Crippen LogP contribution in [0.3, 0.4) is 0 Å². The van der Waals surface area contributed by atoms with Gasteiger partial charge in [-0.2, -0.15) is 0 Å². The van der Waals surface area contributed by atoms with Crippen LogP contribution in [0.1, 0.15) is 27.7 Å². The molecule has 1 aliphatic heterocycles. The largest absolute Gasteiger partial charge is 0.466 e. The van der Waals surface area contributed by atoms with E-state index in [0.29, 0.717) is 0 Å². The zero-order valence-corrected chi connectivity index (χ0v) is 12.6. The standard InChI is InChI=1S/C13H21F2NO5/c1-5-20-10(18)8-6-16(7-13(14,15)9(8)17)11(19)21-12(2,3)4/h8-9,17H,5-7H2,1-4H3. The van der Waals surface area contributed by atoms with Crippen LogP contribution in [-0.4, -0.2) is 59.4 Å². The van der Waals surface area contributed by atoms with E-state index >= 15 is 0 Å². The average Bonchev–Trinajstić information content (AvgIpc) is 2.30. The molecule has 0 aromatic carbocycles. The van der Waals surface area contributed by atoms with Crippen LogP contribution in [0, 0.1) is 5.92 Å². The molecule has 0 aromatic heterocycles. The molecule has 1 aliphatic rings. The van der Waals surface area contributed by atoms with Crippen molar-refractivity contribution < 1.29 is 33.0 Å². The van der Waals surface area contributed by atoms with E-state index in [-0.39, 0.29) is 13.2 Å². The number of amides is 1. The van der Waals surface area contributed by atoms with Gasteiger partial charge in [-0.15, -0.1) is 0 Å². The van der Waals surface area contributed by atoms with Gasteiger partial charge in [-0.25, -0.2) is 13.6 Å². The molecule has 6 nitrogen and oxygen atoms in total. The van der Waals surface area contributed by atoms with E-state index in [0.717, 1.165) is 4.90 Å². The zero-order chi connectivity index (χ0) is 16.4. The van der Waals surface area contributed by atoms with Gasteiger partial charge in [-0.3, -0.25) is 4.79 Å². The number of likely N-dealkylation sites (tertiary alicyclic amines) is 1. The molecule has 1 N–H and O–H groups in total. The first-order chi connectivity index (χ1) is 9.48. The molecule has 1 amide bonds. The van der Waals surface area contributed by atoms with Crippen LogP contribution in [0.15, 0.2) is 0 Å². The van der Waals surface area contributed by atoms with Crippen molar-refractivity contribution >= 4 is 12.1 Å². The minimum atomic E-state index is -3.60. The molecule has 0 aliphatic carbocycles. The van der Waals surface area contributed by atoms with Gasteiger partial charge in [-0.1, -0.05) is 0 Å². The van der Waals surface area contributed by atoms with Crippen LogP contribution < -0.4 is 0 Å². The molecule has 0 radical (unpaired) electrons. The third-order valence-corrected chi connectivity index (χ3v) is 2.87. The second-order valence-electron chi connectivity index (χ2n) is 5.93. The molecule has 0 aromatic rings. The maximum Gasteiger partial charge on any atom is 0.410 e. The Morgan fingerprint density at radius 3 is 2.43 bits per heavy atom. The van der Waals surface area contributed by atoms with Gasteiger partial charge in [0, 0.05) is 6.54 Å². The molecule has 1 fully saturated rings. The van der Waals surface area contributed by atoms with Gasteiger partial charge >= 0.3 is 12.1 Å². The molecule has 122 valence electrons. The molecule has 2 atom stereocenters. The summed E-state index contributed by atoms with van der Waals surface area (Å²) in [7, 11) is 0. The average molecular weight is 309 g/mol. The predicted molar refractivity (Wildman–Crippen MR) is 68.9 cm³/mol. The van der Waals surface area contributed by atoms with Gasteiger partial charge in [0.1, 0.15) is 17.6 Å². The highest BCUT2D eigenvalue weighted by atomic mass is 19.3. The van der Waals surface area contributed by atoms with Gasteiger partial charge in [-0.05, 0) is 27.7 Å². The lowest BCUT2D eigenvalue weighted by atomic mass is 9.92.